The van der Waals surface area contributed by atoms with Gasteiger partial charge in [0.25, 0.3) is 0 Å². The SMILES string of the molecule is NNc1ncc(CSc2ccc(F)c(F)c2)s1. The standard InChI is InChI=1S/C10H9F2N3S2/c11-8-2-1-6(3-9(8)12)16-5-7-4-14-10(15-13)17-7/h1-4H,5,13H2,(H,14,15). The van der Waals surface area contributed by atoms with Crippen LogP contribution < -0.4 is 11.3 Å². The van der Waals surface area contributed by atoms with E-state index in [-0.39, 0.29) is 0 Å². The van der Waals surface area contributed by atoms with Crippen molar-refractivity contribution in [1.29, 1.82) is 0 Å². The highest BCUT2D eigenvalue weighted by molar-refractivity contribution is 7.98. The highest BCUT2D eigenvalue weighted by Crippen LogP contribution is 2.27. The number of hydrogen-bond acceptors (Lipinski definition) is 5. The highest BCUT2D eigenvalue weighted by Gasteiger charge is 2.05. The van der Waals surface area contributed by atoms with E-state index in [1.807, 2.05) is 0 Å². The van der Waals surface area contributed by atoms with Gasteiger partial charge in [0, 0.05) is 21.7 Å². The lowest BCUT2D eigenvalue weighted by Gasteiger charge is -2.00. The minimum atomic E-state index is -0.832. The van der Waals surface area contributed by atoms with Crippen LogP contribution in [0.15, 0.2) is 29.3 Å². The predicted molar refractivity (Wildman–Crippen MR) is 65.8 cm³/mol. The number of hydrazine groups is 1. The zero-order valence-electron chi connectivity index (χ0n) is 8.61. The first-order chi connectivity index (χ1) is 8.19. The van der Waals surface area contributed by atoms with Gasteiger partial charge in [-0.25, -0.2) is 19.6 Å². The Morgan fingerprint density at radius 1 is 1.35 bits per heavy atom. The Morgan fingerprint density at radius 2 is 2.18 bits per heavy atom. The summed E-state index contributed by atoms with van der Waals surface area (Å²) in [6, 6.07) is 3.85. The van der Waals surface area contributed by atoms with Crippen molar-refractivity contribution in [1.82, 2.24) is 4.98 Å². The minimum absolute atomic E-state index is 0.630. The van der Waals surface area contributed by atoms with Gasteiger partial charge in [-0.2, -0.15) is 0 Å². The summed E-state index contributed by atoms with van der Waals surface area (Å²) in [5.74, 6) is 4.19. The maximum atomic E-state index is 12.9. The maximum Gasteiger partial charge on any atom is 0.197 e. The zero-order chi connectivity index (χ0) is 12.3. The molecule has 3 N–H and O–H groups in total. The maximum absolute atomic E-state index is 12.9. The number of nitrogens with two attached hydrogens (primary N) is 1. The van der Waals surface area contributed by atoms with Gasteiger partial charge in [-0.05, 0) is 18.2 Å². The number of aromatic nitrogens is 1. The summed E-state index contributed by atoms with van der Waals surface area (Å²) in [4.78, 5) is 5.70. The van der Waals surface area contributed by atoms with Crippen LogP contribution in [-0.2, 0) is 5.75 Å². The number of halogens is 2. The molecule has 7 heteroatoms. The topological polar surface area (TPSA) is 50.9 Å². The van der Waals surface area contributed by atoms with Gasteiger partial charge < -0.3 is 0 Å². The Morgan fingerprint density at radius 3 is 2.82 bits per heavy atom. The molecule has 0 radical (unpaired) electrons. The number of benzene rings is 1. The van der Waals surface area contributed by atoms with Crippen LogP contribution in [0.2, 0.25) is 0 Å². The normalized spacial score (nSPS) is 10.5. The molecule has 0 fully saturated rings. The molecule has 0 atom stereocenters. The number of thioether (sulfide) groups is 1. The summed E-state index contributed by atoms with van der Waals surface area (Å²) >= 11 is 2.84. The summed E-state index contributed by atoms with van der Waals surface area (Å²) in [6.07, 6.45) is 1.70. The lowest BCUT2D eigenvalue weighted by atomic mass is 10.3. The van der Waals surface area contributed by atoms with Crippen molar-refractivity contribution in [2.24, 2.45) is 5.84 Å². The quantitative estimate of drug-likeness (QED) is 0.511. The van der Waals surface area contributed by atoms with Crippen LogP contribution in [0.5, 0.6) is 0 Å². The first-order valence-electron chi connectivity index (χ1n) is 4.68. The van der Waals surface area contributed by atoms with E-state index >= 15 is 0 Å². The number of rotatable bonds is 4. The van der Waals surface area contributed by atoms with Gasteiger partial charge in [-0.15, -0.1) is 23.1 Å². The fourth-order valence-electron chi connectivity index (χ4n) is 1.16. The lowest BCUT2D eigenvalue weighted by molar-refractivity contribution is 0.506. The molecule has 0 unspecified atom stereocenters. The summed E-state index contributed by atoms with van der Waals surface area (Å²) in [6.45, 7) is 0. The Labute approximate surface area is 105 Å². The van der Waals surface area contributed by atoms with E-state index in [1.54, 1.807) is 12.3 Å². The number of hydrogen-bond donors (Lipinski definition) is 2. The van der Waals surface area contributed by atoms with E-state index in [2.05, 4.69) is 10.4 Å². The van der Waals surface area contributed by atoms with Crippen LogP contribution in [-0.4, -0.2) is 4.98 Å². The second kappa shape index (κ2) is 5.44. The van der Waals surface area contributed by atoms with Crippen LogP contribution in [0.3, 0.4) is 0 Å². The van der Waals surface area contributed by atoms with Crippen molar-refractivity contribution in [3.05, 3.63) is 40.9 Å². The molecular weight excluding hydrogens is 264 g/mol. The summed E-state index contributed by atoms with van der Waals surface area (Å²) in [7, 11) is 0. The first-order valence-corrected chi connectivity index (χ1v) is 6.48. The lowest BCUT2D eigenvalue weighted by Crippen LogP contribution is -2.05. The first kappa shape index (κ1) is 12.3. The predicted octanol–water partition coefficient (Wildman–Crippen LogP) is 3.00. The molecule has 0 bridgehead atoms. The van der Waals surface area contributed by atoms with Crippen LogP contribution in [0.4, 0.5) is 13.9 Å². The van der Waals surface area contributed by atoms with E-state index in [1.165, 1.54) is 29.2 Å². The Kier molecular flexibility index (Phi) is 3.93. The van der Waals surface area contributed by atoms with Gasteiger partial charge in [-0.1, -0.05) is 0 Å². The molecule has 0 aliphatic carbocycles. The number of nitrogens with zero attached hydrogens (tertiary/aromatic N) is 1. The van der Waals surface area contributed by atoms with Gasteiger partial charge in [0.2, 0.25) is 0 Å². The molecule has 0 aliphatic rings. The molecule has 0 saturated carbocycles. The van der Waals surface area contributed by atoms with E-state index in [4.69, 9.17) is 5.84 Å². The zero-order valence-corrected chi connectivity index (χ0v) is 10.2. The Bertz CT molecular complexity index is 516. The van der Waals surface area contributed by atoms with Gasteiger partial charge in [0.05, 0.1) is 0 Å². The molecular formula is C10H9F2N3S2. The number of nitrogen functional groups attached to an aromatic ring is 1. The van der Waals surface area contributed by atoms with E-state index in [0.717, 1.165) is 10.9 Å². The second-order valence-electron chi connectivity index (χ2n) is 3.14. The molecule has 17 heavy (non-hydrogen) atoms. The van der Waals surface area contributed by atoms with E-state index in [0.29, 0.717) is 15.8 Å². The van der Waals surface area contributed by atoms with Crippen LogP contribution >= 0.6 is 23.1 Å². The smallest absolute Gasteiger partial charge is 0.197 e. The second-order valence-corrected chi connectivity index (χ2v) is 5.30. The average Bonchev–Trinajstić information content (AvgIpc) is 2.79. The van der Waals surface area contributed by atoms with Gasteiger partial charge >= 0.3 is 0 Å². The Hall–Kier alpha value is -1.18. The summed E-state index contributed by atoms with van der Waals surface area (Å²) in [5.41, 5.74) is 2.45. The fraction of sp³-hybridized carbons (Fsp3) is 0.100. The van der Waals surface area contributed by atoms with Gasteiger partial charge in [0.15, 0.2) is 16.8 Å². The number of thiazole rings is 1. The van der Waals surface area contributed by atoms with Crippen LogP contribution in [0.25, 0.3) is 0 Å². The van der Waals surface area contributed by atoms with Crippen molar-refractivity contribution < 1.29 is 8.78 Å². The third kappa shape index (κ3) is 3.15. The third-order valence-corrected chi connectivity index (χ3v) is 4.10. The minimum Gasteiger partial charge on any atom is -0.300 e. The largest absolute Gasteiger partial charge is 0.300 e. The molecule has 2 aromatic rings. The summed E-state index contributed by atoms with van der Waals surface area (Å²) in [5, 5.41) is 0.630. The molecule has 0 aliphatic heterocycles. The van der Waals surface area contributed by atoms with E-state index in [9.17, 15) is 8.78 Å². The van der Waals surface area contributed by atoms with Crippen molar-refractivity contribution in [2.45, 2.75) is 10.6 Å². The van der Waals surface area contributed by atoms with Crippen molar-refractivity contribution in [2.75, 3.05) is 5.43 Å². The highest BCUT2D eigenvalue weighted by atomic mass is 32.2. The molecule has 3 nitrogen and oxygen atoms in total. The molecule has 1 aromatic carbocycles. The molecule has 0 saturated heterocycles. The van der Waals surface area contributed by atoms with Gasteiger partial charge in [0.1, 0.15) is 0 Å². The molecule has 2 rings (SSSR count). The fourth-order valence-corrected chi connectivity index (χ4v) is 2.83. The van der Waals surface area contributed by atoms with Crippen molar-refractivity contribution in [3.63, 3.8) is 0 Å². The van der Waals surface area contributed by atoms with E-state index < -0.39 is 11.6 Å². The Balaban J connectivity index is 1.99. The molecule has 0 spiro atoms. The monoisotopic (exact) mass is 273 g/mol. The number of anilines is 1. The third-order valence-electron chi connectivity index (χ3n) is 1.95. The van der Waals surface area contributed by atoms with Crippen molar-refractivity contribution >= 4 is 28.2 Å². The number of nitrogens with one attached hydrogen (secondary N) is 1. The van der Waals surface area contributed by atoms with Crippen LogP contribution in [0.1, 0.15) is 4.88 Å². The van der Waals surface area contributed by atoms with Gasteiger partial charge in [-0.3, -0.25) is 5.43 Å². The summed E-state index contributed by atoms with van der Waals surface area (Å²) < 4.78 is 25.6. The molecule has 0 amide bonds. The molecule has 1 heterocycles. The average molecular weight is 273 g/mol. The molecule has 1 aromatic heterocycles. The van der Waals surface area contributed by atoms with Crippen LogP contribution in [0, 0.1) is 11.6 Å². The van der Waals surface area contributed by atoms with Crippen molar-refractivity contribution in [3.8, 4) is 0 Å². The molecule has 90 valence electrons.